The maximum atomic E-state index is 9.68. The maximum Gasteiger partial charge on any atom is 0.310 e. The highest BCUT2D eigenvalue weighted by Gasteiger charge is 2.11. The molecular weight excluding hydrogens is 104 g/mol. The molecule has 1 aliphatic rings. The van der Waals surface area contributed by atoms with Crippen molar-refractivity contribution in [2.45, 2.75) is 19.0 Å². The Bertz CT molecular complexity index is 78.5. The first kappa shape index (κ1) is 5.56. The van der Waals surface area contributed by atoms with Gasteiger partial charge in [-0.1, -0.05) is 0 Å². The second-order valence-corrected chi connectivity index (χ2v) is 1.90. The minimum absolute atomic E-state index is 0.187. The van der Waals surface area contributed by atoms with Gasteiger partial charge in [0, 0.05) is 0 Å². The average molecular weight is 113 g/mol. The van der Waals surface area contributed by atoms with E-state index >= 15 is 0 Å². The van der Waals surface area contributed by atoms with Crippen LogP contribution < -0.4 is 10.6 Å². The fourth-order valence-electron chi connectivity index (χ4n) is 0.879. The Morgan fingerprint density at radius 3 is 3.12 bits per heavy atom. The standard InChI is InChI=1S/C5H9N2O/c8-4-7-5-2-1-3-6-5/h5-6H,1-3H2,(H,7,8). The molecule has 1 fully saturated rings. The Morgan fingerprint density at radius 1 is 1.75 bits per heavy atom. The van der Waals surface area contributed by atoms with Crippen molar-refractivity contribution in [1.29, 1.82) is 0 Å². The van der Waals surface area contributed by atoms with Gasteiger partial charge in [-0.05, 0) is 19.4 Å². The van der Waals surface area contributed by atoms with Crippen molar-refractivity contribution in [2.75, 3.05) is 6.54 Å². The maximum absolute atomic E-state index is 9.68. The molecule has 0 aromatic carbocycles. The molecule has 1 rings (SSSR count). The normalized spacial score (nSPS) is 27.8. The summed E-state index contributed by atoms with van der Waals surface area (Å²) in [4.78, 5) is 9.68. The van der Waals surface area contributed by atoms with Crippen LogP contribution in [0.1, 0.15) is 12.8 Å². The highest BCUT2D eigenvalue weighted by atomic mass is 16.1. The van der Waals surface area contributed by atoms with Crippen LogP contribution in [0.3, 0.4) is 0 Å². The van der Waals surface area contributed by atoms with E-state index in [-0.39, 0.29) is 6.17 Å². The second kappa shape index (κ2) is 2.67. The van der Waals surface area contributed by atoms with E-state index in [9.17, 15) is 4.79 Å². The summed E-state index contributed by atoms with van der Waals surface area (Å²) in [6, 6.07) is 0. The molecule has 1 aliphatic heterocycles. The molecule has 1 saturated heterocycles. The van der Waals surface area contributed by atoms with Crippen molar-refractivity contribution in [3.8, 4) is 0 Å². The van der Waals surface area contributed by atoms with Crippen molar-refractivity contribution in [2.24, 2.45) is 0 Å². The number of hydrogen-bond acceptors (Lipinski definition) is 2. The molecule has 1 amide bonds. The van der Waals surface area contributed by atoms with Gasteiger partial charge < -0.3 is 5.32 Å². The molecule has 0 aromatic rings. The molecular formula is C5H9N2O. The van der Waals surface area contributed by atoms with E-state index in [2.05, 4.69) is 10.6 Å². The number of hydrogen-bond donors (Lipinski definition) is 2. The van der Waals surface area contributed by atoms with Gasteiger partial charge in [0.05, 0.1) is 6.17 Å². The average Bonchev–Trinajstić information content (AvgIpc) is 2.19. The SMILES string of the molecule is O=[C]NC1CCCN1. The molecule has 1 heterocycles. The summed E-state index contributed by atoms with van der Waals surface area (Å²) in [7, 11) is 0. The Labute approximate surface area is 48.5 Å². The molecule has 3 nitrogen and oxygen atoms in total. The van der Waals surface area contributed by atoms with E-state index in [1.165, 1.54) is 0 Å². The van der Waals surface area contributed by atoms with Crippen LogP contribution in [-0.4, -0.2) is 19.1 Å². The van der Waals surface area contributed by atoms with Crippen molar-refractivity contribution in [3.05, 3.63) is 0 Å². The largest absolute Gasteiger partial charge is 0.333 e. The van der Waals surface area contributed by atoms with Crippen molar-refractivity contribution < 1.29 is 4.79 Å². The van der Waals surface area contributed by atoms with Crippen LogP contribution in [0.5, 0.6) is 0 Å². The third-order valence-electron chi connectivity index (χ3n) is 1.29. The zero-order valence-electron chi connectivity index (χ0n) is 4.61. The van der Waals surface area contributed by atoms with E-state index < -0.39 is 0 Å². The van der Waals surface area contributed by atoms with E-state index in [1.54, 1.807) is 6.41 Å². The van der Waals surface area contributed by atoms with E-state index in [1.807, 2.05) is 0 Å². The van der Waals surface area contributed by atoms with E-state index in [4.69, 9.17) is 0 Å². The minimum atomic E-state index is 0.187. The lowest BCUT2D eigenvalue weighted by Gasteiger charge is -2.04. The third kappa shape index (κ3) is 1.20. The summed E-state index contributed by atoms with van der Waals surface area (Å²) in [5.41, 5.74) is 0. The second-order valence-electron chi connectivity index (χ2n) is 1.90. The van der Waals surface area contributed by atoms with Gasteiger partial charge >= 0.3 is 6.41 Å². The van der Waals surface area contributed by atoms with E-state index in [0.29, 0.717) is 0 Å². The number of rotatable bonds is 2. The van der Waals surface area contributed by atoms with Crippen molar-refractivity contribution in [3.63, 3.8) is 0 Å². The zero-order chi connectivity index (χ0) is 5.82. The molecule has 0 aromatic heterocycles. The van der Waals surface area contributed by atoms with Crippen LogP contribution in [0.4, 0.5) is 0 Å². The van der Waals surface area contributed by atoms with Crippen molar-refractivity contribution in [1.82, 2.24) is 10.6 Å². The van der Waals surface area contributed by atoms with Crippen LogP contribution >= 0.6 is 0 Å². The smallest absolute Gasteiger partial charge is 0.310 e. The first-order valence-electron chi connectivity index (χ1n) is 2.79. The number of carbonyl (C=O) groups excluding carboxylic acids is 1. The molecule has 0 bridgehead atoms. The Morgan fingerprint density at radius 2 is 2.62 bits per heavy atom. The summed E-state index contributed by atoms with van der Waals surface area (Å²) in [6.07, 6.45) is 4.02. The molecule has 1 radical (unpaired) electrons. The summed E-state index contributed by atoms with van der Waals surface area (Å²) < 4.78 is 0. The molecule has 1 atom stereocenters. The lowest BCUT2D eigenvalue weighted by molar-refractivity contribution is 0.502. The van der Waals surface area contributed by atoms with E-state index in [0.717, 1.165) is 19.4 Å². The Kier molecular flexibility index (Phi) is 1.86. The monoisotopic (exact) mass is 113 g/mol. The molecule has 0 aliphatic carbocycles. The number of amides is 1. The van der Waals surface area contributed by atoms with Crippen LogP contribution in [0, 0.1) is 0 Å². The highest BCUT2D eigenvalue weighted by Crippen LogP contribution is 1.99. The van der Waals surface area contributed by atoms with Gasteiger partial charge in [-0.25, -0.2) is 0 Å². The first-order valence-corrected chi connectivity index (χ1v) is 2.79. The molecule has 8 heavy (non-hydrogen) atoms. The first-order chi connectivity index (χ1) is 3.93. The van der Waals surface area contributed by atoms with Gasteiger partial charge in [0.1, 0.15) is 0 Å². The summed E-state index contributed by atoms with van der Waals surface area (Å²) in [6.45, 7) is 1.01. The molecule has 45 valence electrons. The molecule has 3 heteroatoms. The Hall–Kier alpha value is -0.570. The molecule has 0 saturated carbocycles. The fraction of sp³-hybridized carbons (Fsp3) is 0.800. The predicted octanol–water partition coefficient (Wildman–Crippen LogP) is -0.647. The molecule has 2 N–H and O–H groups in total. The van der Waals surface area contributed by atoms with Gasteiger partial charge in [-0.15, -0.1) is 0 Å². The van der Waals surface area contributed by atoms with Crippen LogP contribution in [-0.2, 0) is 4.79 Å². The third-order valence-corrected chi connectivity index (χ3v) is 1.29. The zero-order valence-corrected chi connectivity index (χ0v) is 4.61. The quantitative estimate of drug-likeness (QED) is 0.467. The van der Waals surface area contributed by atoms with Gasteiger partial charge in [-0.3, -0.25) is 10.1 Å². The van der Waals surface area contributed by atoms with Gasteiger partial charge in [-0.2, -0.15) is 0 Å². The van der Waals surface area contributed by atoms with Crippen LogP contribution in [0.15, 0.2) is 0 Å². The summed E-state index contributed by atoms with van der Waals surface area (Å²) >= 11 is 0. The van der Waals surface area contributed by atoms with Crippen LogP contribution in [0.2, 0.25) is 0 Å². The minimum Gasteiger partial charge on any atom is -0.333 e. The fourth-order valence-corrected chi connectivity index (χ4v) is 0.879. The lowest BCUT2D eigenvalue weighted by Crippen LogP contribution is -2.35. The topological polar surface area (TPSA) is 41.1 Å². The molecule has 1 unspecified atom stereocenters. The van der Waals surface area contributed by atoms with Gasteiger partial charge in [0.2, 0.25) is 0 Å². The summed E-state index contributed by atoms with van der Waals surface area (Å²) in [5.74, 6) is 0. The van der Waals surface area contributed by atoms with Gasteiger partial charge in [0.15, 0.2) is 0 Å². The van der Waals surface area contributed by atoms with Crippen molar-refractivity contribution >= 4 is 6.41 Å². The Balaban J connectivity index is 2.14. The highest BCUT2D eigenvalue weighted by molar-refractivity contribution is 5.47. The van der Waals surface area contributed by atoms with Crippen LogP contribution in [0.25, 0.3) is 0 Å². The van der Waals surface area contributed by atoms with Gasteiger partial charge in [0.25, 0.3) is 0 Å². The summed E-state index contributed by atoms with van der Waals surface area (Å²) in [5, 5.41) is 5.61. The number of nitrogens with one attached hydrogen (secondary N) is 2. The molecule has 0 spiro atoms. The predicted molar refractivity (Wildman–Crippen MR) is 29.9 cm³/mol. The lowest BCUT2D eigenvalue weighted by atomic mass is 10.3.